The molecule has 29 heavy (non-hydrogen) atoms. The molecule has 0 heterocycles. The van der Waals surface area contributed by atoms with E-state index in [9.17, 15) is 17.6 Å². The molecule has 0 saturated heterocycles. The Hall–Kier alpha value is -3.03. The number of carbonyl (C=O) groups is 1. The van der Waals surface area contributed by atoms with Crippen molar-refractivity contribution in [3.8, 4) is 0 Å². The van der Waals surface area contributed by atoms with Gasteiger partial charge in [-0.25, -0.2) is 17.5 Å². The highest BCUT2D eigenvalue weighted by Gasteiger charge is 2.14. The number of hydrogen-bond acceptors (Lipinski definition) is 3. The standard InChI is InChI=1S/C22H21FN2O3S/c1-16-2-4-17(5-3-16)14-24-22(26)19-8-6-18(7-9-19)15-25-29(27,28)21-12-10-20(23)11-13-21/h2-13,25H,14-15H2,1H3,(H,24,26). The second-order valence-electron chi connectivity index (χ2n) is 6.64. The first kappa shape index (κ1) is 20.7. The van der Waals surface area contributed by atoms with Crippen molar-refractivity contribution in [3.05, 3.63) is 101 Å². The molecule has 0 atom stereocenters. The summed E-state index contributed by atoms with van der Waals surface area (Å²) in [4.78, 5) is 12.3. The normalized spacial score (nSPS) is 11.2. The highest BCUT2D eigenvalue weighted by Crippen LogP contribution is 2.11. The molecule has 3 aromatic rings. The molecule has 7 heteroatoms. The molecule has 3 aromatic carbocycles. The number of amides is 1. The highest BCUT2D eigenvalue weighted by atomic mass is 32.2. The summed E-state index contributed by atoms with van der Waals surface area (Å²) in [6.07, 6.45) is 0. The lowest BCUT2D eigenvalue weighted by Gasteiger charge is -2.09. The van der Waals surface area contributed by atoms with Gasteiger partial charge in [0.05, 0.1) is 4.90 Å². The Morgan fingerprint density at radius 3 is 2.00 bits per heavy atom. The molecule has 150 valence electrons. The molecule has 0 aromatic heterocycles. The fourth-order valence-corrected chi connectivity index (χ4v) is 3.66. The molecule has 0 spiro atoms. The molecule has 3 rings (SSSR count). The summed E-state index contributed by atoms with van der Waals surface area (Å²) in [6, 6.07) is 19.2. The van der Waals surface area contributed by atoms with Crippen molar-refractivity contribution in [2.45, 2.75) is 24.9 Å². The van der Waals surface area contributed by atoms with Gasteiger partial charge in [-0.2, -0.15) is 0 Å². The number of carbonyl (C=O) groups excluding carboxylic acids is 1. The first-order valence-electron chi connectivity index (χ1n) is 9.01. The van der Waals surface area contributed by atoms with Gasteiger partial charge in [-0.1, -0.05) is 42.0 Å². The van der Waals surface area contributed by atoms with E-state index in [4.69, 9.17) is 0 Å². The Bertz CT molecular complexity index is 1080. The SMILES string of the molecule is Cc1ccc(CNC(=O)c2ccc(CNS(=O)(=O)c3ccc(F)cc3)cc2)cc1. The second-order valence-corrected chi connectivity index (χ2v) is 8.41. The van der Waals surface area contributed by atoms with Crippen LogP contribution in [0, 0.1) is 12.7 Å². The third kappa shape index (κ3) is 5.73. The smallest absolute Gasteiger partial charge is 0.251 e. The maximum absolute atomic E-state index is 12.9. The van der Waals surface area contributed by atoms with Crippen molar-refractivity contribution in [3.63, 3.8) is 0 Å². The molecule has 0 aliphatic heterocycles. The Morgan fingerprint density at radius 2 is 1.38 bits per heavy atom. The van der Waals surface area contributed by atoms with Gasteiger partial charge < -0.3 is 5.32 Å². The molecule has 1 amide bonds. The Kier molecular flexibility index (Phi) is 6.41. The number of rotatable bonds is 7. The Labute approximate surface area is 169 Å². The van der Waals surface area contributed by atoms with Crippen LogP contribution >= 0.6 is 0 Å². The number of sulfonamides is 1. The van der Waals surface area contributed by atoms with E-state index < -0.39 is 15.8 Å². The largest absolute Gasteiger partial charge is 0.348 e. The number of benzene rings is 3. The van der Waals surface area contributed by atoms with Crippen LogP contribution < -0.4 is 10.0 Å². The topological polar surface area (TPSA) is 75.3 Å². The van der Waals surface area contributed by atoms with E-state index >= 15 is 0 Å². The fourth-order valence-electron chi connectivity index (χ4n) is 2.64. The van der Waals surface area contributed by atoms with Crippen LogP contribution in [0.1, 0.15) is 27.0 Å². The molecular weight excluding hydrogens is 391 g/mol. The summed E-state index contributed by atoms with van der Waals surface area (Å²) >= 11 is 0. The zero-order valence-corrected chi connectivity index (χ0v) is 16.7. The molecule has 0 fully saturated rings. The molecule has 0 bridgehead atoms. The summed E-state index contributed by atoms with van der Waals surface area (Å²) in [6.45, 7) is 2.49. The van der Waals surface area contributed by atoms with Gasteiger partial charge in [0.1, 0.15) is 5.82 Å². The number of hydrogen-bond donors (Lipinski definition) is 2. The van der Waals surface area contributed by atoms with Gasteiger partial charge in [0, 0.05) is 18.7 Å². The molecule has 5 nitrogen and oxygen atoms in total. The van der Waals surface area contributed by atoms with E-state index in [0.717, 1.165) is 23.3 Å². The minimum atomic E-state index is -3.74. The lowest BCUT2D eigenvalue weighted by molar-refractivity contribution is 0.0951. The van der Waals surface area contributed by atoms with Crippen LogP contribution in [0.3, 0.4) is 0 Å². The second kappa shape index (κ2) is 8.98. The zero-order valence-electron chi connectivity index (χ0n) is 15.9. The van der Waals surface area contributed by atoms with Gasteiger partial charge in [0.25, 0.3) is 5.91 Å². The third-order valence-electron chi connectivity index (χ3n) is 4.38. The van der Waals surface area contributed by atoms with E-state index in [2.05, 4.69) is 10.0 Å². The quantitative estimate of drug-likeness (QED) is 0.623. The van der Waals surface area contributed by atoms with Crippen molar-refractivity contribution in [2.75, 3.05) is 0 Å². The number of nitrogens with one attached hydrogen (secondary N) is 2. The van der Waals surface area contributed by atoms with Crippen LogP contribution in [0.2, 0.25) is 0 Å². The van der Waals surface area contributed by atoms with Crippen molar-refractivity contribution in [1.82, 2.24) is 10.0 Å². The van der Waals surface area contributed by atoms with E-state index in [1.807, 2.05) is 31.2 Å². The van der Waals surface area contributed by atoms with Gasteiger partial charge in [-0.3, -0.25) is 4.79 Å². The number of halogens is 1. The van der Waals surface area contributed by atoms with Crippen molar-refractivity contribution >= 4 is 15.9 Å². The third-order valence-corrected chi connectivity index (χ3v) is 5.80. The van der Waals surface area contributed by atoms with Crippen LogP contribution in [-0.4, -0.2) is 14.3 Å². The van der Waals surface area contributed by atoms with Crippen LogP contribution in [-0.2, 0) is 23.1 Å². The fraction of sp³-hybridized carbons (Fsp3) is 0.136. The van der Waals surface area contributed by atoms with Crippen LogP contribution in [0.4, 0.5) is 4.39 Å². The van der Waals surface area contributed by atoms with Crippen LogP contribution in [0.25, 0.3) is 0 Å². The average Bonchev–Trinajstić information content (AvgIpc) is 2.72. The van der Waals surface area contributed by atoms with Gasteiger partial charge in [-0.15, -0.1) is 0 Å². The van der Waals surface area contributed by atoms with Crippen molar-refractivity contribution in [1.29, 1.82) is 0 Å². The van der Waals surface area contributed by atoms with Crippen molar-refractivity contribution < 1.29 is 17.6 Å². The van der Waals surface area contributed by atoms with E-state index in [1.165, 1.54) is 12.1 Å². The lowest BCUT2D eigenvalue weighted by Crippen LogP contribution is -2.24. The minimum Gasteiger partial charge on any atom is -0.348 e. The van der Waals surface area contributed by atoms with Gasteiger partial charge in [-0.05, 0) is 54.4 Å². The van der Waals surface area contributed by atoms with Gasteiger partial charge in [0.15, 0.2) is 0 Å². The predicted octanol–water partition coefficient (Wildman–Crippen LogP) is 3.54. The Balaban J connectivity index is 1.56. The summed E-state index contributed by atoms with van der Waals surface area (Å²) in [5.41, 5.74) is 3.36. The molecule has 2 N–H and O–H groups in total. The maximum atomic E-state index is 12.9. The molecule has 0 aliphatic rings. The summed E-state index contributed by atoms with van der Waals surface area (Å²) in [5, 5.41) is 2.86. The van der Waals surface area contributed by atoms with Gasteiger partial charge >= 0.3 is 0 Å². The predicted molar refractivity (Wildman–Crippen MR) is 109 cm³/mol. The molecular formula is C22H21FN2O3S. The molecule has 0 saturated carbocycles. The maximum Gasteiger partial charge on any atom is 0.251 e. The van der Waals surface area contributed by atoms with Gasteiger partial charge in [0.2, 0.25) is 10.0 Å². The van der Waals surface area contributed by atoms with E-state index in [-0.39, 0.29) is 17.3 Å². The zero-order chi connectivity index (χ0) is 20.9. The minimum absolute atomic E-state index is 0.00833. The first-order chi connectivity index (χ1) is 13.8. The van der Waals surface area contributed by atoms with E-state index in [0.29, 0.717) is 17.7 Å². The summed E-state index contributed by atoms with van der Waals surface area (Å²) < 4.78 is 39.9. The Morgan fingerprint density at radius 1 is 0.828 bits per heavy atom. The summed E-state index contributed by atoms with van der Waals surface area (Å²) in [5.74, 6) is -0.704. The first-order valence-corrected chi connectivity index (χ1v) is 10.5. The van der Waals surface area contributed by atoms with Crippen molar-refractivity contribution in [2.24, 2.45) is 0 Å². The lowest BCUT2D eigenvalue weighted by atomic mass is 10.1. The van der Waals surface area contributed by atoms with Crippen LogP contribution in [0.5, 0.6) is 0 Å². The highest BCUT2D eigenvalue weighted by molar-refractivity contribution is 7.89. The molecule has 0 radical (unpaired) electrons. The number of aryl methyl sites for hydroxylation is 1. The molecule has 0 aliphatic carbocycles. The average molecular weight is 412 g/mol. The van der Waals surface area contributed by atoms with E-state index in [1.54, 1.807) is 24.3 Å². The summed E-state index contributed by atoms with van der Waals surface area (Å²) in [7, 11) is -3.74. The monoisotopic (exact) mass is 412 g/mol. The van der Waals surface area contributed by atoms with Crippen LogP contribution in [0.15, 0.2) is 77.7 Å². The molecule has 0 unspecified atom stereocenters.